The fraction of sp³-hybridized carbons (Fsp3) is 0.267. The van der Waals surface area contributed by atoms with Crippen molar-refractivity contribution in [3.05, 3.63) is 48.2 Å². The van der Waals surface area contributed by atoms with Gasteiger partial charge in [-0.15, -0.1) is 0 Å². The van der Waals surface area contributed by atoms with Crippen molar-refractivity contribution < 1.29 is 13.2 Å². The molecular weight excluding hydrogens is 316 g/mol. The molecule has 1 amide bonds. The number of allylic oxidation sites excluding steroid dienone is 3. The van der Waals surface area contributed by atoms with E-state index in [2.05, 4.69) is 22.2 Å². The molecule has 1 aliphatic heterocycles. The maximum Gasteiger partial charge on any atom is 0.244 e. The quantitative estimate of drug-likeness (QED) is 0.646. The van der Waals surface area contributed by atoms with Gasteiger partial charge in [0.2, 0.25) is 15.9 Å². The van der Waals surface area contributed by atoms with Crippen LogP contribution in [0.25, 0.3) is 0 Å². The minimum absolute atomic E-state index is 0.0104. The van der Waals surface area contributed by atoms with Crippen LogP contribution in [-0.2, 0) is 14.8 Å². The number of anilines is 1. The molecule has 1 aromatic carbocycles. The predicted octanol–water partition coefficient (Wildman–Crippen LogP) is 0.599. The summed E-state index contributed by atoms with van der Waals surface area (Å²) < 4.78 is 22.5. The molecule has 1 aromatic rings. The molecule has 0 bridgehead atoms. The number of amides is 1. The van der Waals surface area contributed by atoms with Crippen LogP contribution in [0.15, 0.2) is 53.1 Å². The molecule has 2 unspecified atom stereocenters. The predicted molar refractivity (Wildman–Crippen MR) is 86.5 cm³/mol. The van der Waals surface area contributed by atoms with E-state index < -0.39 is 10.0 Å². The van der Waals surface area contributed by atoms with E-state index in [4.69, 9.17) is 5.14 Å². The monoisotopic (exact) mass is 334 g/mol. The van der Waals surface area contributed by atoms with Crippen LogP contribution in [0.5, 0.6) is 0 Å². The summed E-state index contributed by atoms with van der Waals surface area (Å²) in [6.07, 6.45) is 7.83. The number of carbonyl (C=O) groups is 1. The van der Waals surface area contributed by atoms with Crippen LogP contribution in [0, 0.1) is 5.92 Å². The third-order valence-electron chi connectivity index (χ3n) is 3.96. The van der Waals surface area contributed by atoms with Crippen molar-refractivity contribution in [3.8, 4) is 0 Å². The summed E-state index contributed by atoms with van der Waals surface area (Å²) >= 11 is 0. The van der Waals surface area contributed by atoms with Gasteiger partial charge in [0.1, 0.15) is 6.04 Å². The zero-order valence-electron chi connectivity index (χ0n) is 12.3. The van der Waals surface area contributed by atoms with Gasteiger partial charge in [0, 0.05) is 17.3 Å². The average Bonchev–Trinajstić information content (AvgIpc) is 2.76. The number of hydrazine groups is 1. The number of rotatable bonds is 3. The molecule has 1 fully saturated rings. The van der Waals surface area contributed by atoms with Crippen molar-refractivity contribution in [1.82, 2.24) is 10.9 Å². The highest BCUT2D eigenvalue weighted by Gasteiger charge is 2.36. The first kappa shape index (κ1) is 15.7. The zero-order chi connectivity index (χ0) is 16.4. The fourth-order valence-electron chi connectivity index (χ4n) is 2.76. The summed E-state index contributed by atoms with van der Waals surface area (Å²) in [5, 5.41) is 7.84. The second-order valence-corrected chi connectivity index (χ2v) is 7.10. The third kappa shape index (κ3) is 3.44. The lowest BCUT2D eigenvalue weighted by molar-refractivity contribution is -0.118. The second-order valence-electron chi connectivity index (χ2n) is 5.54. The first-order valence-electron chi connectivity index (χ1n) is 7.27. The smallest absolute Gasteiger partial charge is 0.244 e. The van der Waals surface area contributed by atoms with Crippen LogP contribution >= 0.6 is 0 Å². The highest BCUT2D eigenvalue weighted by atomic mass is 32.2. The molecular formula is C15H18N4O3S. The summed E-state index contributed by atoms with van der Waals surface area (Å²) in [5.74, 6) is -0.0788. The molecule has 8 heteroatoms. The average molecular weight is 334 g/mol. The number of nitrogens with two attached hydrogens (primary N) is 1. The summed E-state index contributed by atoms with van der Waals surface area (Å²) in [6.45, 7) is 0. The van der Waals surface area contributed by atoms with Crippen LogP contribution in [0.3, 0.4) is 0 Å². The topological polar surface area (TPSA) is 113 Å². The van der Waals surface area contributed by atoms with Crippen molar-refractivity contribution in [3.63, 3.8) is 0 Å². The number of carbonyl (C=O) groups excluding carboxylic acids is 1. The standard InChI is InChI=1S/C15H18N4O3S/c16-23(21,22)11-8-6-10(7-9-11)17-15(20)14-12-4-2-1-3-5-13(12)18-19-14/h1,3,5-9,12,14,18-19H,2,4H2,(H,17,20)(H2,16,21,22). The van der Waals surface area contributed by atoms with E-state index in [0.29, 0.717) is 5.69 Å². The number of hydrogen-bond donors (Lipinski definition) is 4. The van der Waals surface area contributed by atoms with Crippen LogP contribution < -0.4 is 21.3 Å². The third-order valence-corrected chi connectivity index (χ3v) is 4.89. The fourth-order valence-corrected chi connectivity index (χ4v) is 3.28. The highest BCUT2D eigenvalue weighted by molar-refractivity contribution is 7.89. The van der Waals surface area contributed by atoms with Gasteiger partial charge in [-0.3, -0.25) is 4.79 Å². The normalized spacial score (nSPS) is 23.4. The van der Waals surface area contributed by atoms with E-state index in [1.807, 2.05) is 12.2 Å². The van der Waals surface area contributed by atoms with Gasteiger partial charge in [-0.2, -0.15) is 0 Å². The van der Waals surface area contributed by atoms with E-state index in [9.17, 15) is 13.2 Å². The Morgan fingerprint density at radius 3 is 2.70 bits per heavy atom. The van der Waals surface area contributed by atoms with Gasteiger partial charge < -0.3 is 10.7 Å². The van der Waals surface area contributed by atoms with Gasteiger partial charge >= 0.3 is 0 Å². The summed E-state index contributed by atoms with van der Waals surface area (Å²) in [4.78, 5) is 12.5. The number of benzene rings is 1. The number of nitrogens with one attached hydrogen (secondary N) is 3. The molecule has 1 saturated heterocycles. The Bertz CT molecular complexity index is 768. The molecule has 0 radical (unpaired) electrons. The van der Waals surface area contributed by atoms with E-state index in [-0.39, 0.29) is 22.8 Å². The molecule has 3 rings (SSSR count). The van der Waals surface area contributed by atoms with Gasteiger partial charge in [-0.25, -0.2) is 19.0 Å². The first-order valence-corrected chi connectivity index (χ1v) is 8.82. The lowest BCUT2D eigenvalue weighted by Gasteiger charge is -2.17. The summed E-state index contributed by atoms with van der Waals surface area (Å²) in [5.41, 5.74) is 7.57. The molecule has 0 saturated carbocycles. The van der Waals surface area contributed by atoms with Gasteiger partial charge in [0.05, 0.1) is 4.90 Å². The van der Waals surface area contributed by atoms with Crippen LogP contribution in [0.4, 0.5) is 5.69 Å². The van der Waals surface area contributed by atoms with Crippen LogP contribution in [-0.4, -0.2) is 20.4 Å². The zero-order valence-corrected chi connectivity index (χ0v) is 13.1. The van der Waals surface area contributed by atoms with Gasteiger partial charge in [-0.05, 0) is 43.2 Å². The molecule has 5 N–H and O–H groups in total. The lowest BCUT2D eigenvalue weighted by Crippen LogP contribution is -2.42. The number of primary sulfonamides is 1. The van der Waals surface area contributed by atoms with Crippen LogP contribution in [0.1, 0.15) is 12.8 Å². The Hall–Kier alpha value is -2.16. The molecule has 0 aromatic heterocycles. The number of hydrogen-bond acceptors (Lipinski definition) is 5. The number of fused-ring (bicyclic) bond motifs is 1. The Morgan fingerprint density at radius 1 is 1.26 bits per heavy atom. The van der Waals surface area contributed by atoms with Crippen molar-refractivity contribution in [2.75, 3.05) is 5.32 Å². The van der Waals surface area contributed by atoms with E-state index in [1.54, 1.807) is 0 Å². The largest absolute Gasteiger partial charge is 0.325 e. The molecule has 23 heavy (non-hydrogen) atoms. The van der Waals surface area contributed by atoms with Crippen molar-refractivity contribution in [2.24, 2.45) is 11.1 Å². The lowest BCUT2D eigenvalue weighted by atomic mass is 9.93. The molecule has 2 atom stereocenters. The van der Waals surface area contributed by atoms with Crippen molar-refractivity contribution in [2.45, 2.75) is 23.8 Å². The minimum atomic E-state index is -3.73. The molecule has 0 spiro atoms. The molecule has 7 nitrogen and oxygen atoms in total. The molecule has 1 aliphatic carbocycles. The SMILES string of the molecule is NS(=O)(=O)c1ccc(NC(=O)C2NNC3=CC=CCCC32)cc1. The molecule has 2 aliphatic rings. The second kappa shape index (κ2) is 6.15. The summed E-state index contributed by atoms with van der Waals surface area (Å²) in [7, 11) is -3.73. The van der Waals surface area contributed by atoms with Crippen LogP contribution in [0.2, 0.25) is 0 Å². The summed E-state index contributed by atoms with van der Waals surface area (Å²) in [6, 6.07) is 5.40. The Labute approximate surface area is 134 Å². The number of sulfonamides is 1. The Morgan fingerprint density at radius 2 is 2.00 bits per heavy atom. The van der Waals surface area contributed by atoms with Gasteiger partial charge in [-0.1, -0.05) is 12.2 Å². The van der Waals surface area contributed by atoms with E-state index >= 15 is 0 Å². The van der Waals surface area contributed by atoms with E-state index in [0.717, 1.165) is 18.5 Å². The Kier molecular flexibility index (Phi) is 4.20. The molecule has 122 valence electrons. The Balaban J connectivity index is 1.70. The van der Waals surface area contributed by atoms with E-state index in [1.165, 1.54) is 24.3 Å². The van der Waals surface area contributed by atoms with Crippen molar-refractivity contribution in [1.29, 1.82) is 0 Å². The van der Waals surface area contributed by atoms with Gasteiger partial charge in [0.25, 0.3) is 0 Å². The maximum atomic E-state index is 12.5. The highest BCUT2D eigenvalue weighted by Crippen LogP contribution is 2.27. The first-order chi connectivity index (χ1) is 10.9. The molecule has 1 heterocycles. The maximum absolute atomic E-state index is 12.5. The van der Waals surface area contributed by atoms with Crippen molar-refractivity contribution >= 4 is 21.6 Å². The minimum Gasteiger partial charge on any atom is -0.325 e. The van der Waals surface area contributed by atoms with Gasteiger partial charge in [0.15, 0.2) is 0 Å².